The van der Waals surface area contributed by atoms with E-state index in [2.05, 4.69) is 15.6 Å². The number of amides is 1. The molecule has 0 radical (unpaired) electrons. The number of hydrazine groups is 1. The zero-order valence-corrected chi connectivity index (χ0v) is 12.2. The zero-order chi connectivity index (χ0) is 15.5. The Bertz CT molecular complexity index is 687. The number of benzene rings is 1. The normalized spacial score (nSPS) is 13.5. The molecule has 7 heteroatoms. The molecule has 2 aromatic rings. The van der Waals surface area contributed by atoms with Gasteiger partial charge in [0.2, 0.25) is 0 Å². The van der Waals surface area contributed by atoms with Crippen LogP contribution in [0.4, 0.5) is 5.82 Å². The fourth-order valence-electron chi connectivity index (χ4n) is 2.49. The highest BCUT2D eigenvalue weighted by Gasteiger charge is 2.23. The number of rotatable bonds is 3. The summed E-state index contributed by atoms with van der Waals surface area (Å²) in [6.45, 7) is 1.13. The lowest BCUT2D eigenvalue weighted by atomic mass is 10.1. The van der Waals surface area contributed by atoms with Crippen LogP contribution in [0.25, 0.3) is 0 Å². The number of hydrogen-bond acceptors (Lipinski definition) is 6. The van der Waals surface area contributed by atoms with E-state index < -0.39 is 0 Å². The van der Waals surface area contributed by atoms with Gasteiger partial charge in [-0.05, 0) is 35.9 Å². The Kier molecular flexibility index (Phi) is 3.88. The largest absolute Gasteiger partial charge is 0.497 e. The number of carbonyl (C=O) groups excluding carboxylic acids is 1. The smallest absolute Gasteiger partial charge is 0.254 e. The second-order valence-electron chi connectivity index (χ2n) is 5.05. The van der Waals surface area contributed by atoms with Crippen molar-refractivity contribution in [1.82, 2.24) is 15.1 Å². The molecular formula is C15H17N5O2. The second-order valence-corrected chi connectivity index (χ2v) is 5.05. The molecule has 0 aliphatic carbocycles. The molecule has 114 valence electrons. The third-order valence-corrected chi connectivity index (χ3v) is 3.71. The minimum Gasteiger partial charge on any atom is -0.497 e. The Morgan fingerprint density at radius 2 is 2.09 bits per heavy atom. The molecule has 3 rings (SSSR count). The number of methoxy groups -OCH3 is 1. The molecule has 0 atom stereocenters. The van der Waals surface area contributed by atoms with Gasteiger partial charge >= 0.3 is 0 Å². The van der Waals surface area contributed by atoms with E-state index in [1.54, 1.807) is 36.3 Å². The highest BCUT2D eigenvalue weighted by Crippen LogP contribution is 2.21. The van der Waals surface area contributed by atoms with Crippen LogP contribution in [0.3, 0.4) is 0 Å². The highest BCUT2D eigenvalue weighted by molar-refractivity contribution is 5.94. The summed E-state index contributed by atoms with van der Waals surface area (Å²) in [6, 6.07) is 8.94. The molecule has 1 aromatic heterocycles. The van der Waals surface area contributed by atoms with Crippen LogP contribution in [0, 0.1) is 0 Å². The van der Waals surface area contributed by atoms with Crippen molar-refractivity contribution < 1.29 is 9.53 Å². The van der Waals surface area contributed by atoms with Crippen molar-refractivity contribution in [2.24, 2.45) is 5.84 Å². The molecule has 1 amide bonds. The number of hydrogen-bond donors (Lipinski definition) is 2. The number of nitrogens with two attached hydrogens (primary N) is 1. The van der Waals surface area contributed by atoms with Crippen LogP contribution in [0.2, 0.25) is 0 Å². The van der Waals surface area contributed by atoms with Gasteiger partial charge in [0.05, 0.1) is 12.8 Å². The van der Waals surface area contributed by atoms with Crippen molar-refractivity contribution in [3.8, 4) is 5.75 Å². The third-order valence-electron chi connectivity index (χ3n) is 3.71. The summed E-state index contributed by atoms with van der Waals surface area (Å²) in [7, 11) is 1.60. The number of nitrogens with one attached hydrogen (secondary N) is 1. The Labute approximate surface area is 128 Å². The summed E-state index contributed by atoms with van der Waals surface area (Å²) in [5.41, 5.74) is 5.00. The Hall–Kier alpha value is -2.67. The fourth-order valence-corrected chi connectivity index (χ4v) is 2.49. The summed E-state index contributed by atoms with van der Waals surface area (Å²) in [4.78, 5) is 14.4. The van der Waals surface area contributed by atoms with Crippen LogP contribution in [-0.2, 0) is 13.0 Å². The molecular weight excluding hydrogens is 282 g/mol. The van der Waals surface area contributed by atoms with Crippen LogP contribution in [0.1, 0.15) is 21.6 Å². The SMILES string of the molecule is COc1ccc(C(=O)N2CCc3nnc(NN)cc3C2)cc1. The van der Waals surface area contributed by atoms with E-state index in [1.165, 1.54) is 0 Å². The predicted molar refractivity (Wildman–Crippen MR) is 81.3 cm³/mol. The third kappa shape index (κ3) is 2.71. The second kappa shape index (κ2) is 5.98. The molecule has 0 bridgehead atoms. The minimum absolute atomic E-state index is 0.00706. The van der Waals surface area contributed by atoms with Crippen molar-refractivity contribution in [2.75, 3.05) is 19.1 Å². The van der Waals surface area contributed by atoms with E-state index in [9.17, 15) is 4.79 Å². The summed E-state index contributed by atoms with van der Waals surface area (Å²) >= 11 is 0. The maximum atomic E-state index is 12.6. The van der Waals surface area contributed by atoms with Crippen LogP contribution >= 0.6 is 0 Å². The predicted octanol–water partition coefficient (Wildman–Crippen LogP) is 0.969. The molecule has 0 saturated heterocycles. The van der Waals surface area contributed by atoms with E-state index >= 15 is 0 Å². The first kappa shape index (κ1) is 14.3. The number of nitrogen functional groups attached to an aromatic ring is 1. The van der Waals surface area contributed by atoms with E-state index in [0.29, 0.717) is 30.9 Å². The van der Waals surface area contributed by atoms with E-state index in [-0.39, 0.29) is 5.91 Å². The van der Waals surface area contributed by atoms with Crippen molar-refractivity contribution in [2.45, 2.75) is 13.0 Å². The molecule has 3 N–H and O–H groups in total. The Morgan fingerprint density at radius 1 is 1.32 bits per heavy atom. The first-order valence-corrected chi connectivity index (χ1v) is 6.96. The highest BCUT2D eigenvalue weighted by atomic mass is 16.5. The lowest BCUT2D eigenvalue weighted by molar-refractivity contribution is 0.0733. The zero-order valence-electron chi connectivity index (χ0n) is 12.2. The van der Waals surface area contributed by atoms with Gasteiger partial charge in [0.25, 0.3) is 5.91 Å². The fraction of sp³-hybridized carbons (Fsp3) is 0.267. The molecule has 1 aliphatic heterocycles. The van der Waals surface area contributed by atoms with Crippen LogP contribution < -0.4 is 16.0 Å². The lowest BCUT2D eigenvalue weighted by Crippen LogP contribution is -2.36. The summed E-state index contributed by atoms with van der Waals surface area (Å²) in [6.07, 6.45) is 0.690. The quantitative estimate of drug-likeness (QED) is 0.648. The molecule has 2 heterocycles. The number of aromatic nitrogens is 2. The summed E-state index contributed by atoms with van der Waals surface area (Å²) in [5.74, 6) is 6.57. The number of ether oxygens (including phenoxy) is 1. The van der Waals surface area contributed by atoms with Crippen LogP contribution in [0.15, 0.2) is 30.3 Å². The van der Waals surface area contributed by atoms with Gasteiger partial charge < -0.3 is 15.1 Å². The van der Waals surface area contributed by atoms with Gasteiger partial charge in [-0.15, -0.1) is 5.10 Å². The Morgan fingerprint density at radius 3 is 2.77 bits per heavy atom. The summed E-state index contributed by atoms with van der Waals surface area (Å²) in [5, 5.41) is 8.09. The number of fused-ring (bicyclic) bond motifs is 1. The molecule has 0 unspecified atom stereocenters. The van der Waals surface area contributed by atoms with Gasteiger partial charge in [-0.1, -0.05) is 0 Å². The van der Waals surface area contributed by atoms with Crippen molar-refractivity contribution in [3.05, 3.63) is 47.2 Å². The first-order chi connectivity index (χ1) is 10.7. The molecule has 0 spiro atoms. The molecule has 0 fully saturated rings. The van der Waals surface area contributed by atoms with E-state index in [0.717, 1.165) is 17.0 Å². The molecule has 22 heavy (non-hydrogen) atoms. The van der Waals surface area contributed by atoms with Gasteiger partial charge in [-0.3, -0.25) is 4.79 Å². The topological polar surface area (TPSA) is 93.4 Å². The maximum Gasteiger partial charge on any atom is 0.254 e. The average molecular weight is 299 g/mol. The van der Waals surface area contributed by atoms with E-state index in [1.807, 2.05) is 6.07 Å². The van der Waals surface area contributed by atoms with Crippen molar-refractivity contribution in [1.29, 1.82) is 0 Å². The minimum atomic E-state index is -0.00706. The van der Waals surface area contributed by atoms with Crippen molar-refractivity contribution >= 4 is 11.7 Å². The molecule has 0 saturated carbocycles. The number of nitrogens with zero attached hydrogens (tertiary/aromatic N) is 3. The Balaban J connectivity index is 1.79. The van der Waals surface area contributed by atoms with Crippen LogP contribution in [0.5, 0.6) is 5.75 Å². The number of carbonyl (C=O) groups is 1. The molecule has 1 aromatic carbocycles. The van der Waals surface area contributed by atoms with E-state index in [4.69, 9.17) is 10.6 Å². The van der Waals surface area contributed by atoms with Gasteiger partial charge in [-0.2, -0.15) is 5.10 Å². The molecule has 1 aliphatic rings. The van der Waals surface area contributed by atoms with Crippen LogP contribution in [-0.4, -0.2) is 34.7 Å². The molecule has 7 nitrogen and oxygen atoms in total. The average Bonchev–Trinajstić information content (AvgIpc) is 2.60. The monoisotopic (exact) mass is 299 g/mol. The van der Waals surface area contributed by atoms with Gasteiger partial charge in [0.15, 0.2) is 5.82 Å². The number of anilines is 1. The van der Waals surface area contributed by atoms with Gasteiger partial charge in [0.1, 0.15) is 5.75 Å². The standard InChI is InChI=1S/C15H17N5O2/c1-22-12-4-2-10(3-5-12)15(21)20-7-6-13-11(9-20)8-14(17-16)19-18-13/h2-5,8H,6-7,9,16H2,1H3,(H,17,19). The summed E-state index contributed by atoms with van der Waals surface area (Å²) < 4.78 is 5.11. The van der Waals surface area contributed by atoms with Crippen molar-refractivity contribution in [3.63, 3.8) is 0 Å². The first-order valence-electron chi connectivity index (χ1n) is 6.96. The van der Waals surface area contributed by atoms with Gasteiger partial charge in [-0.25, -0.2) is 5.84 Å². The lowest BCUT2D eigenvalue weighted by Gasteiger charge is -2.28. The maximum absolute atomic E-state index is 12.6. The van der Waals surface area contributed by atoms with Gasteiger partial charge in [0, 0.05) is 25.1 Å².